The van der Waals surface area contributed by atoms with Gasteiger partial charge in [0.25, 0.3) is 5.91 Å². The van der Waals surface area contributed by atoms with E-state index >= 15 is 0 Å². The molecule has 1 aromatic heterocycles. The number of carbonyl (C=O) groups excluding carboxylic acids is 2. The molecule has 0 saturated carbocycles. The lowest BCUT2D eigenvalue weighted by Gasteiger charge is -2.25. The predicted octanol–water partition coefficient (Wildman–Crippen LogP) is 4.21. The number of ketones is 1. The molecule has 1 heterocycles. The topological polar surface area (TPSA) is 82.5 Å². The molecule has 172 valence electrons. The van der Waals surface area contributed by atoms with Crippen LogP contribution in [0.4, 0.5) is 11.4 Å². The fourth-order valence-corrected chi connectivity index (χ4v) is 3.78. The molecule has 6 heteroatoms. The first-order chi connectivity index (χ1) is 16.0. The Morgan fingerprint density at radius 2 is 1.91 bits per heavy atom. The van der Waals surface area contributed by atoms with E-state index in [9.17, 15) is 9.59 Å². The smallest absolute Gasteiger partial charge is 0.258 e. The number of carbonyl (C=O) groups is 2. The number of hydrogen-bond acceptors (Lipinski definition) is 5. The molecule has 3 rings (SSSR count). The molecule has 1 amide bonds. The van der Waals surface area contributed by atoms with Crippen molar-refractivity contribution in [1.29, 1.82) is 0 Å². The molecule has 0 aliphatic carbocycles. The van der Waals surface area contributed by atoms with Crippen LogP contribution in [0.15, 0.2) is 67.0 Å². The number of amides is 1. The molecular weight excluding hydrogens is 414 g/mol. The Kier molecular flexibility index (Phi) is 8.72. The number of nitrogens with one attached hydrogen (secondary N) is 1. The van der Waals surface area contributed by atoms with Crippen molar-refractivity contribution in [2.24, 2.45) is 0 Å². The van der Waals surface area contributed by atoms with Gasteiger partial charge in [0, 0.05) is 42.3 Å². The number of rotatable bonds is 11. The van der Waals surface area contributed by atoms with Gasteiger partial charge in [-0.3, -0.25) is 14.6 Å². The number of aliphatic hydroxyl groups is 1. The van der Waals surface area contributed by atoms with Crippen molar-refractivity contribution in [2.45, 2.75) is 33.1 Å². The van der Waals surface area contributed by atoms with Crippen LogP contribution in [0.1, 0.15) is 40.4 Å². The number of para-hydroxylation sites is 1. The lowest BCUT2D eigenvalue weighted by atomic mass is 10.0. The minimum Gasteiger partial charge on any atom is -0.395 e. The third kappa shape index (κ3) is 6.49. The van der Waals surface area contributed by atoms with Crippen LogP contribution in [0, 0.1) is 6.92 Å². The molecular formula is C27H31N3O3. The number of hydrogen-bond donors (Lipinski definition) is 2. The van der Waals surface area contributed by atoms with Gasteiger partial charge in [-0.2, -0.15) is 0 Å². The van der Waals surface area contributed by atoms with Crippen LogP contribution in [0.25, 0.3) is 0 Å². The number of pyridine rings is 1. The molecule has 0 fully saturated rings. The number of Topliss-reactive ketones (excluding diaryl/α,β-unsaturated/α-hetero) is 1. The fraction of sp³-hybridized carbons (Fsp3) is 0.296. The second-order valence-corrected chi connectivity index (χ2v) is 7.95. The Morgan fingerprint density at radius 1 is 1.09 bits per heavy atom. The van der Waals surface area contributed by atoms with E-state index < -0.39 is 0 Å². The normalized spacial score (nSPS) is 10.6. The molecule has 2 N–H and O–H groups in total. The van der Waals surface area contributed by atoms with E-state index in [0.29, 0.717) is 24.9 Å². The molecule has 0 spiro atoms. The SMILES string of the molecule is CCc1ccccc1N(CC(=O)CCc1cccnc1)C(=O)c1ccc(NCCO)cc1C. The van der Waals surface area contributed by atoms with E-state index in [1.807, 2.05) is 62.4 Å². The third-order valence-corrected chi connectivity index (χ3v) is 5.56. The van der Waals surface area contributed by atoms with Crippen LogP contribution in [-0.2, 0) is 17.6 Å². The number of nitrogens with zero attached hydrogens (tertiary/aromatic N) is 2. The van der Waals surface area contributed by atoms with Crippen LogP contribution >= 0.6 is 0 Å². The summed E-state index contributed by atoms with van der Waals surface area (Å²) in [6.45, 7) is 4.40. The standard InChI is InChI=1S/C27H31N3O3/c1-3-22-8-4-5-9-26(22)30(19-24(32)12-10-21-7-6-14-28-18-21)27(33)25-13-11-23(17-20(25)2)29-15-16-31/h4-9,11,13-14,17-18,29,31H,3,10,12,15-16,19H2,1-2H3. The average Bonchev–Trinajstić information content (AvgIpc) is 2.85. The van der Waals surface area contributed by atoms with E-state index in [-0.39, 0.29) is 24.8 Å². The van der Waals surface area contributed by atoms with Crippen molar-refractivity contribution in [2.75, 3.05) is 29.9 Å². The maximum absolute atomic E-state index is 13.7. The van der Waals surface area contributed by atoms with Gasteiger partial charge in [0.15, 0.2) is 5.78 Å². The quantitative estimate of drug-likeness (QED) is 0.462. The molecule has 2 aromatic carbocycles. The van der Waals surface area contributed by atoms with Gasteiger partial charge in [-0.15, -0.1) is 0 Å². The van der Waals surface area contributed by atoms with Gasteiger partial charge in [-0.05, 0) is 66.8 Å². The first-order valence-electron chi connectivity index (χ1n) is 11.3. The lowest BCUT2D eigenvalue weighted by Crippen LogP contribution is -2.37. The van der Waals surface area contributed by atoms with Gasteiger partial charge in [0.2, 0.25) is 0 Å². The van der Waals surface area contributed by atoms with Gasteiger partial charge in [0.05, 0.1) is 13.2 Å². The number of aromatic nitrogens is 1. The summed E-state index contributed by atoms with van der Waals surface area (Å²) >= 11 is 0. The van der Waals surface area contributed by atoms with Gasteiger partial charge in [0.1, 0.15) is 0 Å². The Hall–Kier alpha value is -3.51. The van der Waals surface area contributed by atoms with Gasteiger partial charge in [-0.25, -0.2) is 0 Å². The Morgan fingerprint density at radius 3 is 2.61 bits per heavy atom. The minimum absolute atomic E-state index is 0.00278. The Bertz CT molecular complexity index is 1080. The molecule has 0 radical (unpaired) electrons. The lowest BCUT2D eigenvalue weighted by molar-refractivity contribution is -0.117. The second-order valence-electron chi connectivity index (χ2n) is 7.95. The van der Waals surface area contributed by atoms with Crippen molar-refractivity contribution in [3.8, 4) is 0 Å². The molecule has 3 aromatic rings. The van der Waals surface area contributed by atoms with Gasteiger partial charge < -0.3 is 15.3 Å². The summed E-state index contributed by atoms with van der Waals surface area (Å²) in [5.74, 6) is -0.200. The highest BCUT2D eigenvalue weighted by molar-refractivity contribution is 6.10. The van der Waals surface area contributed by atoms with E-state index in [1.165, 1.54) is 0 Å². The Balaban J connectivity index is 1.85. The third-order valence-electron chi connectivity index (χ3n) is 5.56. The first-order valence-corrected chi connectivity index (χ1v) is 11.3. The highest BCUT2D eigenvalue weighted by atomic mass is 16.3. The number of benzene rings is 2. The summed E-state index contributed by atoms with van der Waals surface area (Å²) in [6.07, 6.45) is 5.16. The average molecular weight is 446 g/mol. The zero-order valence-electron chi connectivity index (χ0n) is 19.3. The molecule has 0 bridgehead atoms. The summed E-state index contributed by atoms with van der Waals surface area (Å²) in [5, 5.41) is 12.1. The van der Waals surface area contributed by atoms with Gasteiger partial charge in [-0.1, -0.05) is 31.2 Å². The van der Waals surface area contributed by atoms with Crippen molar-refractivity contribution in [1.82, 2.24) is 4.98 Å². The minimum atomic E-state index is -0.197. The van der Waals surface area contributed by atoms with Crippen molar-refractivity contribution in [3.05, 3.63) is 89.2 Å². The summed E-state index contributed by atoms with van der Waals surface area (Å²) in [7, 11) is 0. The monoisotopic (exact) mass is 445 g/mol. The zero-order chi connectivity index (χ0) is 23.6. The van der Waals surface area contributed by atoms with Crippen molar-refractivity contribution in [3.63, 3.8) is 0 Å². The van der Waals surface area contributed by atoms with Crippen LogP contribution in [0.2, 0.25) is 0 Å². The molecule has 33 heavy (non-hydrogen) atoms. The van der Waals surface area contributed by atoms with Gasteiger partial charge >= 0.3 is 0 Å². The molecule has 0 aliphatic heterocycles. The van der Waals surface area contributed by atoms with Crippen LogP contribution in [-0.4, -0.2) is 41.5 Å². The van der Waals surface area contributed by atoms with Crippen LogP contribution in [0.3, 0.4) is 0 Å². The predicted molar refractivity (Wildman–Crippen MR) is 132 cm³/mol. The molecule has 6 nitrogen and oxygen atoms in total. The van der Waals surface area contributed by atoms with Crippen LogP contribution < -0.4 is 10.2 Å². The summed E-state index contributed by atoms with van der Waals surface area (Å²) in [4.78, 5) is 32.3. The Labute approximate surface area is 195 Å². The maximum atomic E-state index is 13.7. The van der Waals surface area contributed by atoms with E-state index in [0.717, 1.165) is 34.5 Å². The number of anilines is 2. The fourth-order valence-electron chi connectivity index (χ4n) is 3.78. The maximum Gasteiger partial charge on any atom is 0.258 e. The number of aliphatic hydroxyl groups excluding tert-OH is 1. The summed E-state index contributed by atoms with van der Waals surface area (Å²) in [6, 6.07) is 17.0. The summed E-state index contributed by atoms with van der Waals surface area (Å²) < 4.78 is 0. The van der Waals surface area contributed by atoms with Crippen molar-refractivity contribution < 1.29 is 14.7 Å². The highest BCUT2D eigenvalue weighted by Crippen LogP contribution is 2.25. The molecule has 0 aliphatic rings. The van der Waals surface area contributed by atoms with Crippen LogP contribution in [0.5, 0.6) is 0 Å². The number of aryl methyl sites for hydroxylation is 3. The van der Waals surface area contributed by atoms with E-state index in [2.05, 4.69) is 10.3 Å². The largest absolute Gasteiger partial charge is 0.395 e. The summed E-state index contributed by atoms with van der Waals surface area (Å²) in [5.41, 5.74) is 4.98. The zero-order valence-corrected chi connectivity index (χ0v) is 19.3. The highest BCUT2D eigenvalue weighted by Gasteiger charge is 2.23. The molecule has 0 unspecified atom stereocenters. The first kappa shape index (κ1) is 24.1. The molecule has 0 atom stereocenters. The second kappa shape index (κ2) is 11.9. The van der Waals surface area contributed by atoms with E-state index in [1.54, 1.807) is 23.4 Å². The van der Waals surface area contributed by atoms with E-state index in [4.69, 9.17) is 5.11 Å². The molecule has 0 saturated heterocycles. The van der Waals surface area contributed by atoms with Crippen molar-refractivity contribution >= 4 is 23.1 Å².